The lowest BCUT2D eigenvalue weighted by Crippen LogP contribution is -2.33. The van der Waals surface area contributed by atoms with Crippen molar-refractivity contribution in [1.29, 1.82) is 0 Å². The Morgan fingerprint density at radius 2 is 2.05 bits per heavy atom. The van der Waals surface area contributed by atoms with E-state index in [2.05, 4.69) is 49.3 Å². The van der Waals surface area contributed by atoms with Crippen LogP contribution in [0.5, 0.6) is 0 Å². The quantitative estimate of drug-likeness (QED) is 0.850. The fraction of sp³-hybridized carbons (Fsp3) is 0.647. The Labute approximate surface area is 117 Å². The summed E-state index contributed by atoms with van der Waals surface area (Å²) >= 11 is 0. The molecule has 2 heteroatoms. The Bertz CT molecular complexity index is 449. The van der Waals surface area contributed by atoms with E-state index in [-0.39, 0.29) is 0 Å². The van der Waals surface area contributed by atoms with Crippen molar-refractivity contribution in [3.05, 3.63) is 23.8 Å². The second-order valence-electron chi connectivity index (χ2n) is 6.58. The molecule has 3 rings (SSSR count). The number of fused-ring (bicyclic) bond motifs is 1. The zero-order chi connectivity index (χ0) is 13.4. The van der Waals surface area contributed by atoms with Crippen LogP contribution >= 0.6 is 0 Å². The van der Waals surface area contributed by atoms with Gasteiger partial charge in [-0.15, -0.1) is 0 Å². The highest BCUT2D eigenvalue weighted by Crippen LogP contribution is 2.38. The minimum absolute atomic E-state index is 0.498. The predicted molar refractivity (Wildman–Crippen MR) is 82.9 cm³/mol. The van der Waals surface area contributed by atoms with Crippen molar-refractivity contribution in [2.75, 3.05) is 17.3 Å². The van der Waals surface area contributed by atoms with E-state index in [9.17, 15) is 0 Å². The minimum Gasteiger partial charge on any atom is -0.364 e. The van der Waals surface area contributed by atoms with Crippen LogP contribution in [-0.4, -0.2) is 13.2 Å². The molecule has 1 aromatic rings. The van der Waals surface area contributed by atoms with E-state index in [0.29, 0.717) is 12.1 Å². The maximum Gasteiger partial charge on any atom is 0.0988 e. The van der Waals surface area contributed by atoms with Crippen molar-refractivity contribution < 1.29 is 0 Å². The molecule has 0 bridgehead atoms. The summed E-state index contributed by atoms with van der Waals surface area (Å²) in [7, 11) is 2.23. The van der Waals surface area contributed by atoms with E-state index < -0.39 is 0 Å². The molecule has 0 aromatic heterocycles. The van der Waals surface area contributed by atoms with E-state index in [1.165, 1.54) is 49.0 Å². The summed E-state index contributed by atoms with van der Waals surface area (Å²) in [6.45, 7) is 4.52. The van der Waals surface area contributed by atoms with E-state index in [1.54, 1.807) is 0 Å². The van der Waals surface area contributed by atoms with Crippen molar-refractivity contribution in [1.82, 2.24) is 0 Å². The smallest absolute Gasteiger partial charge is 0.0988 e. The van der Waals surface area contributed by atoms with Gasteiger partial charge in [-0.1, -0.05) is 39.2 Å². The molecule has 104 valence electrons. The Morgan fingerprint density at radius 3 is 2.68 bits per heavy atom. The van der Waals surface area contributed by atoms with Crippen molar-refractivity contribution in [2.24, 2.45) is 5.92 Å². The molecule has 19 heavy (non-hydrogen) atoms. The third kappa shape index (κ3) is 2.45. The van der Waals surface area contributed by atoms with Crippen LogP contribution in [0, 0.1) is 5.92 Å². The summed E-state index contributed by atoms with van der Waals surface area (Å²) in [6, 6.07) is 6.87. The molecular weight excluding hydrogens is 232 g/mol. The third-order valence-electron chi connectivity index (χ3n) is 4.93. The van der Waals surface area contributed by atoms with Gasteiger partial charge >= 0.3 is 0 Å². The molecule has 1 N–H and O–H groups in total. The maximum atomic E-state index is 3.68. The lowest BCUT2D eigenvalue weighted by Gasteiger charge is -2.29. The van der Waals surface area contributed by atoms with E-state index in [1.807, 2.05) is 0 Å². The van der Waals surface area contributed by atoms with Gasteiger partial charge in [0.25, 0.3) is 0 Å². The SMILES string of the molecule is CC(C)c1ccc2c(c1)N(C)C(CCC1CCC1)N2. The third-order valence-corrected chi connectivity index (χ3v) is 4.93. The molecule has 0 radical (unpaired) electrons. The monoisotopic (exact) mass is 258 g/mol. The topological polar surface area (TPSA) is 15.3 Å². The number of hydrogen-bond acceptors (Lipinski definition) is 2. The van der Waals surface area contributed by atoms with Gasteiger partial charge in [-0.2, -0.15) is 0 Å². The van der Waals surface area contributed by atoms with Crippen molar-refractivity contribution in [3.63, 3.8) is 0 Å². The zero-order valence-corrected chi connectivity index (χ0v) is 12.4. The summed E-state index contributed by atoms with van der Waals surface area (Å²) < 4.78 is 0. The lowest BCUT2D eigenvalue weighted by atomic mass is 9.82. The molecule has 1 heterocycles. The number of hydrogen-bond donors (Lipinski definition) is 1. The Morgan fingerprint density at radius 1 is 1.26 bits per heavy atom. The highest BCUT2D eigenvalue weighted by Gasteiger charge is 2.27. The Kier molecular flexibility index (Phi) is 3.42. The molecule has 2 nitrogen and oxygen atoms in total. The summed E-state index contributed by atoms with van der Waals surface area (Å²) in [5, 5.41) is 3.68. The number of anilines is 2. The van der Waals surface area contributed by atoms with Crippen molar-refractivity contribution >= 4 is 11.4 Å². The first-order valence-corrected chi connectivity index (χ1v) is 7.78. The first-order valence-electron chi connectivity index (χ1n) is 7.78. The second-order valence-corrected chi connectivity index (χ2v) is 6.58. The molecule has 0 amide bonds. The first-order chi connectivity index (χ1) is 9.15. The number of nitrogens with zero attached hydrogens (tertiary/aromatic N) is 1. The Balaban J connectivity index is 1.68. The van der Waals surface area contributed by atoms with E-state index in [0.717, 1.165) is 5.92 Å². The van der Waals surface area contributed by atoms with Gasteiger partial charge in [0, 0.05) is 7.05 Å². The van der Waals surface area contributed by atoms with Crippen LogP contribution in [0.4, 0.5) is 11.4 Å². The normalized spacial score (nSPS) is 22.3. The van der Waals surface area contributed by atoms with Gasteiger partial charge in [-0.05, 0) is 42.4 Å². The van der Waals surface area contributed by atoms with E-state index in [4.69, 9.17) is 0 Å². The molecule has 1 unspecified atom stereocenters. The lowest BCUT2D eigenvalue weighted by molar-refractivity contribution is 0.284. The van der Waals surface area contributed by atoms with Crippen LogP contribution in [-0.2, 0) is 0 Å². The highest BCUT2D eigenvalue weighted by atomic mass is 15.3. The molecule has 0 saturated heterocycles. The fourth-order valence-electron chi connectivity index (χ4n) is 3.21. The van der Waals surface area contributed by atoms with Gasteiger partial charge in [-0.3, -0.25) is 0 Å². The molecule has 1 atom stereocenters. The van der Waals surface area contributed by atoms with Gasteiger partial charge in [-0.25, -0.2) is 0 Å². The summed E-state index contributed by atoms with van der Waals surface area (Å²) in [5.74, 6) is 1.61. The Hall–Kier alpha value is -1.18. The highest BCUT2D eigenvalue weighted by molar-refractivity contribution is 5.76. The number of nitrogens with one attached hydrogen (secondary N) is 1. The molecule has 0 spiro atoms. The standard InChI is InChI=1S/C17H26N2/c1-12(2)14-8-9-15-16(11-14)19(3)17(18-15)10-7-13-5-4-6-13/h8-9,11-13,17-18H,4-7,10H2,1-3H3. The summed E-state index contributed by atoms with van der Waals surface area (Å²) in [5.41, 5.74) is 4.13. The fourth-order valence-corrected chi connectivity index (χ4v) is 3.21. The van der Waals surface area contributed by atoms with Gasteiger partial charge in [0.2, 0.25) is 0 Å². The maximum absolute atomic E-state index is 3.68. The number of rotatable bonds is 4. The van der Waals surface area contributed by atoms with Crippen molar-refractivity contribution in [2.45, 2.75) is 58.0 Å². The summed E-state index contributed by atoms with van der Waals surface area (Å²) in [4.78, 5) is 2.43. The van der Waals surface area contributed by atoms with Crippen LogP contribution in [0.2, 0.25) is 0 Å². The van der Waals surface area contributed by atoms with Gasteiger partial charge in [0.05, 0.1) is 17.5 Å². The van der Waals surface area contributed by atoms with E-state index >= 15 is 0 Å². The van der Waals surface area contributed by atoms with Gasteiger partial charge in [0.1, 0.15) is 0 Å². The molecule has 1 aromatic carbocycles. The largest absolute Gasteiger partial charge is 0.364 e. The average Bonchev–Trinajstić information content (AvgIpc) is 2.64. The molecule has 2 aliphatic rings. The average molecular weight is 258 g/mol. The van der Waals surface area contributed by atoms with Crippen LogP contribution in [0.1, 0.15) is 57.4 Å². The van der Waals surface area contributed by atoms with Gasteiger partial charge < -0.3 is 10.2 Å². The minimum atomic E-state index is 0.498. The van der Waals surface area contributed by atoms with Crippen molar-refractivity contribution in [3.8, 4) is 0 Å². The zero-order valence-electron chi connectivity index (χ0n) is 12.4. The molecule has 1 fully saturated rings. The molecule has 1 aliphatic heterocycles. The molecule has 1 aliphatic carbocycles. The first kappa shape index (κ1) is 12.8. The van der Waals surface area contributed by atoms with Crippen LogP contribution < -0.4 is 10.2 Å². The van der Waals surface area contributed by atoms with Crippen LogP contribution in [0.3, 0.4) is 0 Å². The summed E-state index contributed by atoms with van der Waals surface area (Å²) in [6.07, 6.45) is 7.52. The predicted octanol–water partition coefficient (Wildman–Crippen LogP) is 4.58. The second kappa shape index (κ2) is 5.07. The molecule has 1 saturated carbocycles. The van der Waals surface area contributed by atoms with Crippen LogP contribution in [0.15, 0.2) is 18.2 Å². The molecular formula is C17H26N2. The van der Waals surface area contributed by atoms with Gasteiger partial charge in [0.15, 0.2) is 0 Å². The number of benzene rings is 1. The van der Waals surface area contributed by atoms with Crippen LogP contribution in [0.25, 0.3) is 0 Å².